The second kappa shape index (κ2) is 5.13. The molecule has 1 fully saturated rings. The lowest BCUT2D eigenvalue weighted by molar-refractivity contribution is 0.229. The van der Waals surface area contributed by atoms with Gasteiger partial charge in [0, 0.05) is 25.2 Å². The summed E-state index contributed by atoms with van der Waals surface area (Å²) < 4.78 is 0. The molecule has 0 amide bonds. The topological polar surface area (TPSA) is 29.3 Å². The Bertz CT molecular complexity index is 158. The van der Waals surface area contributed by atoms with Crippen molar-refractivity contribution in [1.29, 1.82) is 0 Å². The highest BCUT2D eigenvalue weighted by Gasteiger charge is 2.29. The third-order valence-corrected chi connectivity index (χ3v) is 3.48. The minimum absolute atomic E-state index is 0.400. The molecule has 0 bridgehead atoms. The average molecular weight is 198 g/mol. The molecule has 3 unspecified atom stereocenters. The molecule has 0 spiro atoms. The molecule has 2 nitrogen and oxygen atoms in total. The van der Waals surface area contributed by atoms with E-state index in [1.165, 1.54) is 19.4 Å². The second-order valence-electron chi connectivity index (χ2n) is 5.42. The van der Waals surface area contributed by atoms with E-state index in [4.69, 9.17) is 5.73 Å². The number of hydrogen-bond acceptors (Lipinski definition) is 2. The molecule has 1 saturated heterocycles. The van der Waals surface area contributed by atoms with E-state index in [1.54, 1.807) is 0 Å². The lowest BCUT2D eigenvalue weighted by Crippen LogP contribution is -2.33. The summed E-state index contributed by atoms with van der Waals surface area (Å²) in [7, 11) is 0. The van der Waals surface area contributed by atoms with E-state index in [0.717, 1.165) is 12.5 Å². The highest BCUT2D eigenvalue weighted by atomic mass is 15.2. The molecule has 0 radical (unpaired) electrons. The summed E-state index contributed by atoms with van der Waals surface area (Å²) >= 11 is 0. The monoisotopic (exact) mass is 198 g/mol. The van der Waals surface area contributed by atoms with Gasteiger partial charge in [-0.05, 0) is 31.6 Å². The van der Waals surface area contributed by atoms with Crippen LogP contribution in [0.25, 0.3) is 0 Å². The molecular formula is C12H26N2. The Morgan fingerprint density at radius 3 is 2.29 bits per heavy atom. The lowest BCUT2D eigenvalue weighted by Gasteiger charge is -2.24. The van der Waals surface area contributed by atoms with Gasteiger partial charge in [-0.3, -0.25) is 4.90 Å². The molecule has 84 valence electrons. The zero-order valence-electron chi connectivity index (χ0n) is 10.2. The van der Waals surface area contributed by atoms with Gasteiger partial charge < -0.3 is 5.73 Å². The predicted molar refractivity (Wildman–Crippen MR) is 62.2 cm³/mol. The van der Waals surface area contributed by atoms with Crippen LogP contribution in [0.2, 0.25) is 0 Å². The van der Waals surface area contributed by atoms with Crippen LogP contribution in [0.3, 0.4) is 0 Å². The lowest BCUT2D eigenvalue weighted by atomic mass is 10.0. The van der Waals surface area contributed by atoms with Crippen LogP contribution in [0, 0.1) is 11.8 Å². The molecule has 0 aromatic carbocycles. The quantitative estimate of drug-likeness (QED) is 0.749. The molecule has 1 rings (SSSR count). The fourth-order valence-electron chi connectivity index (χ4n) is 2.15. The Morgan fingerprint density at radius 2 is 1.86 bits per heavy atom. The highest BCUT2D eigenvalue weighted by Crippen LogP contribution is 2.20. The maximum Gasteiger partial charge on any atom is 0.0206 e. The zero-order chi connectivity index (χ0) is 10.7. The SMILES string of the molecule is CC(C)CCC(C)N1CC(C)C(N)C1. The molecule has 2 N–H and O–H groups in total. The first-order chi connectivity index (χ1) is 6.50. The second-order valence-corrected chi connectivity index (χ2v) is 5.42. The van der Waals surface area contributed by atoms with Gasteiger partial charge in [-0.25, -0.2) is 0 Å². The molecule has 0 aliphatic carbocycles. The molecular weight excluding hydrogens is 172 g/mol. The van der Waals surface area contributed by atoms with Gasteiger partial charge in [0.1, 0.15) is 0 Å². The zero-order valence-corrected chi connectivity index (χ0v) is 10.2. The van der Waals surface area contributed by atoms with E-state index in [-0.39, 0.29) is 0 Å². The van der Waals surface area contributed by atoms with Gasteiger partial charge in [0.15, 0.2) is 0 Å². The fourth-order valence-corrected chi connectivity index (χ4v) is 2.15. The summed E-state index contributed by atoms with van der Waals surface area (Å²) in [5.41, 5.74) is 6.02. The molecule has 1 heterocycles. The number of nitrogens with zero attached hydrogens (tertiary/aromatic N) is 1. The van der Waals surface area contributed by atoms with Crippen LogP contribution in [-0.2, 0) is 0 Å². The van der Waals surface area contributed by atoms with Crippen molar-refractivity contribution in [2.24, 2.45) is 17.6 Å². The standard InChI is InChI=1S/C12H26N2/c1-9(2)5-6-11(4)14-7-10(3)12(13)8-14/h9-12H,5-8,13H2,1-4H3. The van der Waals surface area contributed by atoms with Gasteiger partial charge in [-0.15, -0.1) is 0 Å². The largest absolute Gasteiger partial charge is 0.326 e. The average Bonchev–Trinajstić information content (AvgIpc) is 2.43. The normalized spacial score (nSPS) is 31.3. The van der Waals surface area contributed by atoms with Crippen molar-refractivity contribution in [3.05, 3.63) is 0 Å². The Morgan fingerprint density at radius 1 is 1.21 bits per heavy atom. The Labute approximate surface area is 88.8 Å². The summed E-state index contributed by atoms with van der Waals surface area (Å²) in [4.78, 5) is 2.55. The summed E-state index contributed by atoms with van der Waals surface area (Å²) in [6.07, 6.45) is 2.65. The molecule has 14 heavy (non-hydrogen) atoms. The molecule has 0 aromatic rings. The van der Waals surface area contributed by atoms with E-state index in [2.05, 4.69) is 32.6 Å². The number of hydrogen-bond donors (Lipinski definition) is 1. The number of rotatable bonds is 4. The first-order valence-electron chi connectivity index (χ1n) is 6.00. The van der Waals surface area contributed by atoms with Gasteiger partial charge in [-0.2, -0.15) is 0 Å². The van der Waals surface area contributed by atoms with Crippen molar-refractivity contribution in [2.75, 3.05) is 13.1 Å². The van der Waals surface area contributed by atoms with Crippen molar-refractivity contribution >= 4 is 0 Å². The third kappa shape index (κ3) is 3.25. The summed E-state index contributed by atoms with van der Waals surface area (Å²) in [5.74, 6) is 1.50. The third-order valence-electron chi connectivity index (χ3n) is 3.48. The van der Waals surface area contributed by atoms with E-state index in [9.17, 15) is 0 Å². The molecule has 0 aromatic heterocycles. The van der Waals surface area contributed by atoms with Crippen LogP contribution in [0.5, 0.6) is 0 Å². The number of nitrogens with two attached hydrogens (primary N) is 1. The Balaban J connectivity index is 2.28. The highest BCUT2D eigenvalue weighted by molar-refractivity contribution is 4.86. The van der Waals surface area contributed by atoms with E-state index in [0.29, 0.717) is 18.0 Å². The van der Waals surface area contributed by atoms with Gasteiger partial charge in [0.05, 0.1) is 0 Å². The van der Waals surface area contributed by atoms with Gasteiger partial charge >= 0.3 is 0 Å². The fraction of sp³-hybridized carbons (Fsp3) is 1.00. The van der Waals surface area contributed by atoms with E-state index >= 15 is 0 Å². The summed E-state index contributed by atoms with van der Waals surface area (Å²) in [6.45, 7) is 11.5. The molecule has 3 atom stereocenters. The minimum Gasteiger partial charge on any atom is -0.326 e. The Kier molecular flexibility index (Phi) is 4.39. The van der Waals surface area contributed by atoms with Gasteiger partial charge in [0.2, 0.25) is 0 Å². The van der Waals surface area contributed by atoms with Crippen LogP contribution in [0.1, 0.15) is 40.5 Å². The van der Waals surface area contributed by atoms with Crippen LogP contribution in [0.15, 0.2) is 0 Å². The van der Waals surface area contributed by atoms with Crippen molar-refractivity contribution in [2.45, 2.75) is 52.6 Å². The molecule has 2 heteroatoms. The maximum atomic E-state index is 6.02. The van der Waals surface area contributed by atoms with Gasteiger partial charge in [0.25, 0.3) is 0 Å². The van der Waals surface area contributed by atoms with Crippen molar-refractivity contribution in [1.82, 2.24) is 4.90 Å². The van der Waals surface area contributed by atoms with Crippen molar-refractivity contribution < 1.29 is 0 Å². The van der Waals surface area contributed by atoms with Crippen molar-refractivity contribution in [3.8, 4) is 0 Å². The first-order valence-corrected chi connectivity index (χ1v) is 6.00. The number of likely N-dealkylation sites (tertiary alicyclic amines) is 1. The molecule has 1 aliphatic heterocycles. The van der Waals surface area contributed by atoms with Crippen molar-refractivity contribution in [3.63, 3.8) is 0 Å². The summed E-state index contributed by atoms with van der Waals surface area (Å²) in [6, 6.07) is 1.12. The first kappa shape index (κ1) is 12.0. The predicted octanol–water partition coefficient (Wildman–Crippen LogP) is 2.09. The van der Waals surface area contributed by atoms with Gasteiger partial charge in [-0.1, -0.05) is 20.8 Å². The summed E-state index contributed by atoms with van der Waals surface area (Å²) in [5, 5.41) is 0. The minimum atomic E-state index is 0.400. The molecule has 1 aliphatic rings. The van der Waals surface area contributed by atoms with E-state index < -0.39 is 0 Å². The Hall–Kier alpha value is -0.0800. The van der Waals surface area contributed by atoms with Crippen LogP contribution in [0.4, 0.5) is 0 Å². The smallest absolute Gasteiger partial charge is 0.0206 e. The van der Waals surface area contributed by atoms with Crippen LogP contribution < -0.4 is 5.73 Å². The van der Waals surface area contributed by atoms with Crippen LogP contribution in [-0.4, -0.2) is 30.1 Å². The molecule has 0 saturated carbocycles. The maximum absolute atomic E-state index is 6.02. The van der Waals surface area contributed by atoms with Crippen LogP contribution >= 0.6 is 0 Å². The van der Waals surface area contributed by atoms with E-state index in [1.807, 2.05) is 0 Å².